The van der Waals surface area contributed by atoms with E-state index in [2.05, 4.69) is 10.6 Å². The lowest BCUT2D eigenvalue weighted by Crippen LogP contribution is -3.15. The largest absolute Gasteiger partial charge is 0.355 e. The van der Waals surface area contributed by atoms with Crippen molar-refractivity contribution in [3.63, 3.8) is 0 Å². The molecule has 10 heteroatoms. The molecule has 0 aliphatic carbocycles. The van der Waals surface area contributed by atoms with E-state index in [0.717, 1.165) is 4.90 Å². The third-order valence-electron chi connectivity index (χ3n) is 4.11. The number of likely N-dealkylation sites (N-methyl/N-ethyl adjacent to an activating group) is 1. The second-order valence-corrected chi connectivity index (χ2v) is 8.31. The maximum absolute atomic E-state index is 12.7. The molecular weight excluding hydrogens is 380 g/mol. The van der Waals surface area contributed by atoms with Crippen LogP contribution in [0.1, 0.15) is 6.92 Å². The predicted molar refractivity (Wildman–Crippen MR) is 97.5 cm³/mol. The van der Waals surface area contributed by atoms with Crippen LogP contribution in [0.3, 0.4) is 0 Å². The summed E-state index contributed by atoms with van der Waals surface area (Å²) in [6.07, 6.45) is 0. The topological polar surface area (TPSA) is 100 Å². The van der Waals surface area contributed by atoms with Crippen LogP contribution in [-0.2, 0) is 19.6 Å². The molecule has 8 nitrogen and oxygen atoms in total. The lowest BCUT2D eigenvalue weighted by Gasteiger charge is -2.31. The molecule has 26 heavy (non-hydrogen) atoms. The van der Waals surface area contributed by atoms with Crippen molar-refractivity contribution >= 4 is 33.4 Å². The van der Waals surface area contributed by atoms with Crippen molar-refractivity contribution in [3.8, 4) is 0 Å². The molecular formula is C16H24ClN4O4S+. The molecule has 2 amide bonds. The van der Waals surface area contributed by atoms with E-state index < -0.39 is 10.0 Å². The van der Waals surface area contributed by atoms with Crippen molar-refractivity contribution in [1.29, 1.82) is 0 Å². The fraction of sp³-hybridized carbons (Fsp3) is 0.500. The summed E-state index contributed by atoms with van der Waals surface area (Å²) in [5.41, 5.74) is 0. The third kappa shape index (κ3) is 5.41. The number of hydrogen-bond acceptors (Lipinski definition) is 4. The van der Waals surface area contributed by atoms with Gasteiger partial charge in [-0.05, 0) is 19.1 Å². The average molecular weight is 404 g/mol. The smallest absolute Gasteiger partial charge is 0.275 e. The monoisotopic (exact) mass is 403 g/mol. The van der Waals surface area contributed by atoms with Gasteiger partial charge in [0.15, 0.2) is 6.54 Å². The zero-order chi connectivity index (χ0) is 19.2. The second-order valence-electron chi connectivity index (χ2n) is 5.99. The molecule has 1 saturated heterocycles. The quantitative estimate of drug-likeness (QED) is 0.515. The van der Waals surface area contributed by atoms with Crippen molar-refractivity contribution in [3.05, 3.63) is 29.3 Å². The van der Waals surface area contributed by atoms with Gasteiger partial charge < -0.3 is 15.5 Å². The van der Waals surface area contributed by atoms with E-state index in [-0.39, 0.29) is 34.8 Å². The van der Waals surface area contributed by atoms with Crippen LogP contribution < -0.4 is 15.5 Å². The molecule has 0 unspecified atom stereocenters. The van der Waals surface area contributed by atoms with Crippen LogP contribution in [0.5, 0.6) is 0 Å². The van der Waals surface area contributed by atoms with Gasteiger partial charge in [-0.25, -0.2) is 8.42 Å². The lowest BCUT2D eigenvalue weighted by atomic mass is 10.3. The summed E-state index contributed by atoms with van der Waals surface area (Å²) in [6, 6.07) is 6.36. The highest BCUT2D eigenvalue weighted by molar-refractivity contribution is 7.89. The molecule has 2 rings (SSSR count). The normalized spacial score (nSPS) is 16.2. The predicted octanol–water partition coefficient (Wildman–Crippen LogP) is -1.52. The minimum atomic E-state index is -3.64. The molecule has 3 N–H and O–H groups in total. The highest BCUT2D eigenvalue weighted by Crippen LogP contribution is 2.23. The van der Waals surface area contributed by atoms with Crippen LogP contribution in [0.2, 0.25) is 5.02 Å². The van der Waals surface area contributed by atoms with Gasteiger partial charge in [-0.1, -0.05) is 23.7 Å². The Balaban J connectivity index is 1.84. The summed E-state index contributed by atoms with van der Waals surface area (Å²) in [5, 5.41) is 5.37. The van der Waals surface area contributed by atoms with Gasteiger partial charge in [0.25, 0.3) is 5.91 Å². The molecule has 1 aliphatic heterocycles. The van der Waals surface area contributed by atoms with Gasteiger partial charge in [-0.2, -0.15) is 4.31 Å². The van der Waals surface area contributed by atoms with Gasteiger partial charge in [0.1, 0.15) is 4.90 Å². The number of sulfonamides is 1. The summed E-state index contributed by atoms with van der Waals surface area (Å²) in [4.78, 5) is 24.3. The fourth-order valence-corrected chi connectivity index (χ4v) is 4.68. The first kappa shape index (κ1) is 20.6. The summed E-state index contributed by atoms with van der Waals surface area (Å²) >= 11 is 6.01. The van der Waals surface area contributed by atoms with E-state index in [4.69, 9.17) is 11.6 Å². The zero-order valence-electron chi connectivity index (χ0n) is 14.6. The molecule has 1 fully saturated rings. The van der Waals surface area contributed by atoms with E-state index in [0.29, 0.717) is 32.7 Å². The standard InChI is InChI=1S/C16H23ClN4O4S/c1-2-18-15(22)11-19-16(23)12-20-7-9-21(10-8-20)26(24,25)14-6-4-3-5-13(14)17/h3-6H,2,7-12H2,1H3,(H,18,22)(H,19,23)/p+1. The zero-order valence-corrected chi connectivity index (χ0v) is 16.2. The molecule has 0 aromatic heterocycles. The summed E-state index contributed by atoms with van der Waals surface area (Å²) < 4.78 is 26.8. The van der Waals surface area contributed by atoms with Crippen LogP contribution in [-0.4, -0.2) is 70.4 Å². The minimum absolute atomic E-state index is 0.0486. The number of benzene rings is 1. The van der Waals surface area contributed by atoms with Crippen LogP contribution >= 0.6 is 11.6 Å². The molecule has 1 aromatic carbocycles. The maximum atomic E-state index is 12.7. The van der Waals surface area contributed by atoms with E-state index in [9.17, 15) is 18.0 Å². The van der Waals surface area contributed by atoms with Crippen LogP contribution in [0.15, 0.2) is 29.2 Å². The Morgan fingerprint density at radius 2 is 1.81 bits per heavy atom. The number of nitrogens with one attached hydrogen (secondary N) is 3. The SMILES string of the molecule is CCNC(=O)CNC(=O)C[NH+]1CCN(S(=O)(=O)c2ccccc2Cl)CC1. The number of halogens is 1. The molecule has 0 atom stereocenters. The Labute approximate surface area is 158 Å². The minimum Gasteiger partial charge on any atom is -0.355 e. The lowest BCUT2D eigenvalue weighted by molar-refractivity contribution is -0.895. The number of nitrogens with zero attached hydrogens (tertiary/aromatic N) is 1. The maximum Gasteiger partial charge on any atom is 0.275 e. The van der Waals surface area contributed by atoms with Crippen molar-refractivity contribution in [2.45, 2.75) is 11.8 Å². The molecule has 0 bridgehead atoms. The van der Waals surface area contributed by atoms with Crippen molar-refractivity contribution < 1.29 is 22.9 Å². The molecule has 0 spiro atoms. The van der Waals surface area contributed by atoms with Crippen LogP contribution in [0.4, 0.5) is 0 Å². The summed E-state index contributed by atoms with van der Waals surface area (Å²) in [6.45, 7) is 4.13. The van der Waals surface area contributed by atoms with Crippen molar-refractivity contribution in [1.82, 2.24) is 14.9 Å². The summed E-state index contributed by atoms with van der Waals surface area (Å²) in [7, 11) is -3.64. The Kier molecular flexibility index (Phi) is 7.39. The van der Waals surface area contributed by atoms with Crippen molar-refractivity contribution in [2.75, 3.05) is 45.8 Å². The molecule has 1 heterocycles. The van der Waals surface area contributed by atoms with E-state index in [1.807, 2.05) is 0 Å². The number of rotatable bonds is 7. The first-order valence-electron chi connectivity index (χ1n) is 8.46. The van der Waals surface area contributed by atoms with E-state index in [1.54, 1.807) is 25.1 Å². The number of piperazine rings is 1. The van der Waals surface area contributed by atoms with E-state index in [1.165, 1.54) is 10.4 Å². The second kappa shape index (κ2) is 9.31. The van der Waals surface area contributed by atoms with Gasteiger partial charge in [-0.15, -0.1) is 0 Å². The Hall–Kier alpha value is -1.68. The van der Waals surface area contributed by atoms with Gasteiger partial charge in [0.2, 0.25) is 15.9 Å². The van der Waals surface area contributed by atoms with E-state index >= 15 is 0 Å². The highest BCUT2D eigenvalue weighted by Gasteiger charge is 2.32. The van der Waals surface area contributed by atoms with Gasteiger partial charge in [0.05, 0.1) is 37.7 Å². The number of amides is 2. The molecule has 0 radical (unpaired) electrons. The average Bonchev–Trinajstić information content (AvgIpc) is 2.61. The number of hydrogen-bond donors (Lipinski definition) is 3. The van der Waals surface area contributed by atoms with Crippen LogP contribution in [0, 0.1) is 0 Å². The van der Waals surface area contributed by atoms with Gasteiger partial charge >= 0.3 is 0 Å². The first-order valence-corrected chi connectivity index (χ1v) is 10.3. The highest BCUT2D eigenvalue weighted by atomic mass is 35.5. The first-order chi connectivity index (χ1) is 12.3. The molecule has 1 aromatic rings. The van der Waals surface area contributed by atoms with Gasteiger partial charge in [-0.3, -0.25) is 9.59 Å². The van der Waals surface area contributed by atoms with Gasteiger partial charge in [0, 0.05) is 6.54 Å². The number of carbonyl (C=O) groups is 2. The Morgan fingerprint density at radius 1 is 1.15 bits per heavy atom. The Morgan fingerprint density at radius 3 is 2.42 bits per heavy atom. The molecule has 144 valence electrons. The Bertz CT molecular complexity index is 748. The molecule has 0 saturated carbocycles. The summed E-state index contributed by atoms with van der Waals surface area (Å²) in [5.74, 6) is -0.458. The van der Waals surface area contributed by atoms with Crippen molar-refractivity contribution in [2.24, 2.45) is 0 Å². The number of quaternary nitrogens is 1. The fourth-order valence-electron chi connectivity index (χ4n) is 2.74. The third-order valence-corrected chi connectivity index (χ3v) is 6.51. The number of carbonyl (C=O) groups excluding carboxylic acids is 2. The van der Waals surface area contributed by atoms with Crippen LogP contribution in [0.25, 0.3) is 0 Å². The molecule has 1 aliphatic rings.